The van der Waals surface area contributed by atoms with E-state index in [1.165, 1.54) is 31.1 Å². The van der Waals surface area contributed by atoms with Gasteiger partial charge in [0, 0.05) is 25.0 Å². The molecule has 1 aliphatic rings. The number of benzene rings is 1. The Morgan fingerprint density at radius 2 is 2.20 bits per heavy atom. The second kappa shape index (κ2) is 6.42. The summed E-state index contributed by atoms with van der Waals surface area (Å²) in [6, 6.07) is 3.23. The Morgan fingerprint density at radius 1 is 1.44 bits per heavy atom. The lowest BCUT2D eigenvalue weighted by Gasteiger charge is -2.23. The maximum atomic E-state index is 13.5. The molecule has 0 saturated heterocycles. The largest absolute Gasteiger partial charge is 0.496 e. The minimum Gasteiger partial charge on any atom is -0.496 e. The Balaban J connectivity index is 1.89. The number of halogens is 3. The lowest BCUT2D eigenvalue weighted by atomic mass is 9.98. The van der Waals surface area contributed by atoms with Gasteiger partial charge < -0.3 is 14.6 Å². The first-order valence-corrected chi connectivity index (χ1v) is 7.83. The van der Waals surface area contributed by atoms with Gasteiger partial charge in [0.25, 0.3) is 0 Å². The minimum atomic E-state index is -4.64. The van der Waals surface area contributed by atoms with Crippen LogP contribution in [0.5, 0.6) is 5.75 Å². The number of aromatic nitrogens is 2. The fraction of sp³-hybridized carbons (Fsp3) is 0.412. The molecule has 0 fully saturated rings. The molecular weight excluding hydrogens is 335 g/mol. The van der Waals surface area contributed by atoms with Crippen molar-refractivity contribution in [3.8, 4) is 5.75 Å². The highest BCUT2D eigenvalue weighted by Crippen LogP contribution is 2.40. The van der Waals surface area contributed by atoms with Crippen molar-refractivity contribution < 1.29 is 22.7 Å². The summed E-state index contributed by atoms with van der Waals surface area (Å²) in [7, 11) is 2.94. The fourth-order valence-electron chi connectivity index (χ4n) is 3.28. The molecule has 1 N–H and O–H groups in total. The molecule has 2 atom stereocenters. The van der Waals surface area contributed by atoms with Crippen LogP contribution in [0.25, 0.3) is 0 Å². The van der Waals surface area contributed by atoms with Gasteiger partial charge in [0.15, 0.2) is 6.04 Å². The predicted molar refractivity (Wildman–Crippen MR) is 84.2 cm³/mol. The zero-order valence-electron chi connectivity index (χ0n) is 13.8. The molecule has 1 aliphatic carbocycles. The van der Waals surface area contributed by atoms with Crippen molar-refractivity contribution >= 4 is 5.91 Å². The number of carbonyl (C=O) groups excluding carboxylic acids is 1. The summed E-state index contributed by atoms with van der Waals surface area (Å²) in [4.78, 5) is 16.4. The van der Waals surface area contributed by atoms with Crippen molar-refractivity contribution in [1.82, 2.24) is 14.9 Å². The smallest absolute Gasteiger partial charge is 0.415 e. The molecule has 5 nitrogen and oxygen atoms in total. The van der Waals surface area contributed by atoms with E-state index < -0.39 is 24.0 Å². The van der Waals surface area contributed by atoms with E-state index in [0.29, 0.717) is 24.2 Å². The van der Waals surface area contributed by atoms with Gasteiger partial charge in [0.05, 0.1) is 13.0 Å². The van der Waals surface area contributed by atoms with E-state index in [1.807, 2.05) is 12.1 Å². The average Bonchev–Trinajstić information content (AvgIpc) is 3.17. The molecule has 2 unspecified atom stereocenters. The second-order valence-corrected chi connectivity index (χ2v) is 6.00. The number of aryl methyl sites for hydroxylation is 2. The molecule has 1 amide bonds. The number of nitrogens with zero attached hydrogens (tertiary/aromatic N) is 2. The number of hydrogen-bond acceptors (Lipinski definition) is 3. The van der Waals surface area contributed by atoms with Crippen LogP contribution in [0.1, 0.15) is 35.3 Å². The third kappa shape index (κ3) is 3.20. The Morgan fingerprint density at radius 3 is 2.80 bits per heavy atom. The number of alkyl halides is 3. The topological polar surface area (TPSA) is 56.1 Å². The van der Waals surface area contributed by atoms with E-state index >= 15 is 0 Å². The van der Waals surface area contributed by atoms with Crippen molar-refractivity contribution in [2.24, 2.45) is 7.05 Å². The van der Waals surface area contributed by atoms with Gasteiger partial charge in [-0.15, -0.1) is 0 Å². The van der Waals surface area contributed by atoms with Gasteiger partial charge in [0.1, 0.15) is 11.6 Å². The number of rotatable bonds is 4. The van der Waals surface area contributed by atoms with Gasteiger partial charge in [-0.1, -0.05) is 12.1 Å². The van der Waals surface area contributed by atoms with Crippen LogP contribution >= 0.6 is 0 Å². The molecule has 3 rings (SSSR count). The summed E-state index contributed by atoms with van der Waals surface area (Å²) < 4.78 is 46.9. The Kier molecular flexibility index (Phi) is 4.45. The number of nitrogens with one attached hydrogen (secondary N) is 1. The molecule has 0 bridgehead atoms. The molecule has 25 heavy (non-hydrogen) atoms. The van der Waals surface area contributed by atoms with Gasteiger partial charge in [-0.2, -0.15) is 13.2 Å². The normalized spacial score (nSPS) is 17.9. The average molecular weight is 353 g/mol. The third-order valence-electron chi connectivity index (χ3n) is 4.47. The summed E-state index contributed by atoms with van der Waals surface area (Å²) in [5, 5.41) is 2.13. The van der Waals surface area contributed by atoms with Gasteiger partial charge in [-0.05, 0) is 24.5 Å². The number of fused-ring (bicyclic) bond motifs is 1. The van der Waals surface area contributed by atoms with Crippen molar-refractivity contribution in [2.75, 3.05) is 7.11 Å². The molecule has 1 aromatic heterocycles. The predicted octanol–water partition coefficient (Wildman–Crippen LogP) is 2.88. The Bertz CT molecular complexity index is 786. The Hall–Kier alpha value is -2.51. The molecule has 1 aromatic carbocycles. The molecular formula is C17H18F3N3O2. The zero-order valence-corrected chi connectivity index (χ0v) is 13.8. The van der Waals surface area contributed by atoms with Gasteiger partial charge in [-0.3, -0.25) is 4.79 Å². The number of hydrogen-bond donors (Lipinski definition) is 1. The van der Waals surface area contributed by atoms with Crippen LogP contribution < -0.4 is 10.1 Å². The van der Waals surface area contributed by atoms with Crippen molar-refractivity contribution in [3.63, 3.8) is 0 Å². The van der Waals surface area contributed by atoms with Crippen molar-refractivity contribution in [1.29, 1.82) is 0 Å². The van der Waals surface area contributed by atoms with Gasteiger partial charge in [-0.25, -0.2) is 4.98 Å². The van der Waals surface area contributed by atoms with Crippen molar-refractivity contribution in [3.05, 3.63) is 47.5 Å². The van der Waals surface area contributed by atoms with E-state index in [1.54, 1.807) is 6.07 Å². The van der Waals surface area contributed by atoms with E-state index in [2.05, 4.69) is 10.3 Å². The van der Waals surface area contributed by atoms with Crippen LogP contribution in [0.4, 0.5) is 13.2 Å². The molecule has 0 saturated carbocycles. The van der Waals surface area contributed by atoms with E-state index in [4.69, 9.17) is 4.74 Å². The SMILES string of the molecule is COc1cccc2c1C(C(=O)NC(c1nccn1C)C(F)(F)F)CC2. The molecule has 134 valence electrons. The maximum Gasteiger partial charge on any atom is 0.415 e. The van der Waals surface area contributed by atoms with Gasteiger partial charge in [0.2, 0.25) is 5.91 Å². The third-order valence-corrected chi connectivity index (χ3v) is 4.47. The molecule has 2 aromatic rings. The first-order valence-electron chi connectivity index (χ1n) is 7.83. The van der Waals surface area contributed by atoms with Crippen LogP contribution in [0.3, 0.4) is 0 Å². The van der Waals surface area contributed by atoms with Crippen molar-refractivity contribution in [2.45, 2.75) is 31.0 Å². The summed E-state index contributed by atoms with van der Waals surface area (Å²) in [6.07, 6.45) is -0.879. The number of amides is 1. The van der Waals surface area contributed by atoms with E-state index in [9.17, 15) is 18.0 Å². The van der Waals surface area contributed by atoms with Crippen LogP contribution in [-0.4, -0.2) is 28.7 Å². The summed E-state index contributed by atoms with van der Waals surface area (Å²) in [5.74, 6) is -1.07. The highest BCUT2D eigenvalue weighted by molar-refractivity contribution is 5.86. The minimum absolute atomic E-state index is 0.251. The number of carbonyl (C=O) groups is 1. The monoisotopic (exact) mass is 353 g/mol. The molecule has 0 aliphatic heterocycles. The highest BCUT2D eigenvalue weighted by Gasteiger charge is 2.45. The van der Waals surface area contributed by atoms with E-state index in [0.717, 1.165) is 5.56 Å². The van der Waals surface area contributed by atoms with Gasteiger partial charge >= 0.3 is 6.18 Å². The lowest BCUT2D eigenvalue weighted by Crippen LogP contribution is -2.41. The molecule has 0 spiro atoms. The molecule has 1 heterocycles. The number of methoxy groups -OCH3 is 1. The number of imidazole rings is 1. The fourth-order valence-corrected chi connectivity index (χ4v) is 3.28. The standard InChI is InChI=1S/C17H18F3N3O2/c1-23-9-8-21-15(23)14(17(18,19)20)22-16(24)11-7-6-10-4-3-5-12(25-2)13(10)11/h3-5,8-9,11,14H,6-7H2,1-2H3,(H,22,24). The summed E-state index contributed by atoms with van der Waals surface area (Å²) in [6.45, 7) is 0. The quantitative estimate of drug-likeness (QED) is 0.920. The highest BCUT2D eigenvalue weighted by atomic mass is 19.4. The van der Waals surface area contributed by atoms with Crippen LogP contribution in [0, 0.1) is 0 Å². The first-order chi connectivity index (χ1) is 11.8. The first kappa shape index (κ1) is 17.3. The second-order valence-electron chi connectivity index (χ2n) is 6.00. The Labute approximate surface area is 142 Å². The number of ether oxygens (including phenoxy) is 1. The van der Waals surface area contributed by atoms with Crippen LogP contribution in [-0.2, 0) is 18.3 Å². The lowest BCUT2D eigenvalue weighted by molar-refractivity contribution is -0.165. The molecule has 8 heteroatoms. The van der Waals surface area contributed by atoms with Crippen LogP contribution in [0.15, 0.2) is 30.6 Å². The summed E-state index contributed by atoms with van der Waals surface area (Å²) >= 11 is 0. The van der Waals surface area contributed by atoms with Crippen LogP contribution in [0.2, 0.25) is 0 Å². The molecule has 0 radical (unpaired) electrons. The zero-order chi connectivity index (χ0) is 18.2. The summed E-state index contributed by atoms with van der Waals surface area (Å²) in [5.41, 5.74) is 1.60. The maximum absolute atomic E-state index is 13.5. The van der Waals surface area contributed by atoms with E-state index in [-0.39, 0.29) is 5.82 Å².